The summed E-state index contributed by atoms with van der Waals surface area (Å²) in [5.41, 5.74) is 1.92. The lowest BCUT2D eigenvalue weighted by Crippen LogP contribution is -1.90. The van der Waals surface area contributed by atoms with Crippen LogP contribution in [-0.4, -0.2) is 0 Å². The Morgan fingerprint density at radius 1 is 0.750 bits per heavy atom. The van der Waals surface area contributed by atoms with E-state index in [1.54, 1.807) is 6.07 Å². The van der Waals surface area contributed by atoms with Crippen molar-refractivity contribution in [2.75, 3.05) is 0 Å². The summed E-state index contributed by atoms with van der Waals surface area (Å²) >= 11 is 9.73. The number of ether oxygens (including phenoxy) is 2. The van der Waals surface area contributed by atoms with E-state index >= 15 is 0 Å². The number of rotatable bonds is 5. The van der Waals surface area contributed by atoms with Crippen LogP contribution in [0.4, 0.5) is 0 Å². The van der Waals surface area contributed by atoms with Crippen molar-refractivity contribution >= 4 is 27.5 Å². The second-order valence-corrected chi connectivity index (χ2v) is 7.28. The van der Waals surface area contributed by atoms with Crippen LogP contribution in [0.2, 0.25) is 5.02 Å². The molecule has 4 rings (SSSR count). The zero-order chi connectivity index (χ0) is 19.3. The first-order valence-corrected chi connectivity index (χ1v) is 9.83. The molecule has 4 aromatic rings. The standard InChI is InChI=1S/C24H15BrClO2/c25-20-11-2-5-14-23(20)28-22-13-4-1-10-19(22)17-8-7-9-18(16-17)27-24-15-6-3-12-21(24)26/h1-3,5-16H. The van der Waals surface area contributed by atoms with Gasteiger partial charge in [0.1, 0.15) is 23.0 Å². The Bertz CT molecular complexity index is 1110. The number of hydrogen-bond acceptors (Lipinski definition) is 2. The predicted molar refractivity (Wildman–Crippen MR) is 116 cm³/mol. The van der Waals surface area contributed by atoms with Gasteiger partial charge in [-0.25, -0.2) is 0 Å². The molecule has 0 spiro atoms. The van der Waals surface area contributed by atoms with Gasteiger partial charge in [0.15, 0.2) is 0 Å². The van der Waals surface area contributed by atoms with E-state index in [9.17, 15) is 0 Å². The molecule has 2 nitrogen and oxygen atoms in total. The third kappa shape index (κ3) is 4.22. The fourth-order valence-corrected chi connectivity index (χ4v) is 3.31. The average molecular weight is 451 g/mol. The van der Waals surface area contributed by atoms with Crippen molar-refractivity contribution in [3.8, 4) is 34.1 Å². The van der Waals surface area contributed by atoms with Crippen molar-refractivity contribution in [3.05, 3.63) is 107 Å². The second-order valence-electron chi connectivity index (χ2n) is 6.02. The van der Waals surface area contributed by atoms with E-state index in [-0.39, 0.29) is 0 Å². The maximum Gasteiger partial charge on any atom is 0.146 e. The molecule has 0 bridgehead atoms. The normalized spacial score (nSPS) is 10.5. The van der Waals surface area contributed by atoms with Gasteiger partial charge in [-0.2, -0.15) is 0 Å². The van der Waals surface area contributed by atoms with E-state index in [1.165, 1.54) is 0 Å². The van der Waals surface area contributed by atoms with Crippen LogP contribution in [0.25, 0.3) is 11.1 Å². The molecule has 0 amide bonds. The molecular formula is C24H15BrClO2. The molecule has 0 saturated carbocycles. The van der Waals surface area contributed by atoms with Crippen LogP contribution < -0.4 is 9.47 Å². The molecule has 4 heteroatoms. The molecule has 0 aliphatic rings. The van der Waals surface area contributed by atoms with Crippen molar-refractivity contribution in [1.82, 2.24) is 0 Å². The quantitative estimate of drug-likeness (QED) is 0.305. The summed E-state index contributed by atoms with van der Waals surface area (Å²) in [6.07, 6.45) is 0. The molecule has 0 saturated heterocycles. The summed E-state index contributed by atoms with van der Waals surface area (Å²) < 4.78 is 13.0. The third-order valence-corrected chi connectivity index (χ3v) is 5.06. The van der Waals surface area contributed by atoms with Gasteiger partial charge in [0, 0.05) is 5.56 Å². The van der Waals surface area contributed by atoms with Crippen LogP contribution in [0.5, 0.6) is 23.0 Å². The molecular weight excluding hydrogens is 436 g/mol. The summed E-state index contributed by atoms with van der Waals surface area (Å²) in [6, 6.07) is 31.7. The van der Waals surface area contributed by atoms with Gasteiger partial charge in [-0.1, -0.05) is 60.1 Å². The lowest BCUT2D eigenvalue weighted by molar-refractivity contribution is 0.480. The summed E-state index contributed by atoms with van der Waals surface area (Å²) in [5.74, 6) is 2.77. The fraction of sp³-hybridized carbons (Fsp3) is 0. The van der Waals surface area contributed by atoms with Crippen molar-refractivity contribution in [2.24, 2.45) is 0 Å². The highest BCUT2D eigenvalue weighted by atomic mass is 79.9. The van der Waals surface area contributed by atoms with E-state index in [0.29, 0.717) is 22.3 Å². The summed E-state index contributed by atoms with van der Waals surface area (Å²) in [4.78, 5) is 0. The molecule has 0 aliphatic heterocycles. The fourth-order valence-electron chi connectivity index (χ4n) is 2.77. The molecule has 28 heavy (non-hydrogen) atoms. The van der Waals surface area contributed by atoms with Crippen molar-refractivity contribution in [3.63, 3.8) is 0 Å². The third-order valence-electron chi connectivity index (χ3n) is 4.09. The Balaban J connectivity index is 1.67. The molecule has 0 aliphatic carbocycles. The Hall–Kier alpha value is -2.75. The molecule has 4 aromatic carbocycles. The van der Waals surface area contributed by atoms with Gasteiger partial charge in [-0.3, -0.25) is 0 Å². The van der Waals surface area contributed by atoms with Gasteiger partial charge in [0.25, 0.3) is 0 Å². The lowest BCUT2D eigenvalue weighted by atomic mass is 10.0. The summed E-state index contributed by atoms with van der Waals surface area (Å²) in [5, 5.41) is 0.570. The Morgan fingerprint density at radius 2 is 1.54 bits per heavy atom. The predicted octanol–water partition coefficient (Wildman–Crippen LogP) is 8.15. The van der Waals surface area contributed by atoms with Gasteiger partial charge >= 0.3 is 0 Å². The maximum atomic E-state index is 6.21. The Morgan fingerprint density at radius 3 is 2.36 bits per heavy atom. The minimum absolute atomic E-state index is 0.570. The molecule has 137 valence electrons. The minimum Gasteiger partial charge on any atom is -0.456 e. The number of halogens is 2. The highest BCUT2D eigenvalue weighted by molar-refractivity contribution is 9.10. The van der Waals surface area contributed by atoms with Crippen LogP contribution >= 0.6 is 27.5 Å². The van der Waals surface area contributed by atoms with E-state index < -0.39 is 0 Å². The Labute approximate surface area is 177 Å². The monoisotopic (exact) mass is 449 g/mol. The number of hydrogen-bond donors (Lipinski definition) is 0. The largest absolute Gasteiger partial charge is 0.456 e. The summed E-state index contributed by atoms with van der Waals surface area (Å²) in [7, 11) is 0. The maximum absolute atomic E-state index is 6.21. The van der Waals surface area contributed by atoms with Gasteiger partial charge < -0.3 is 9.47 Å². The highest BCUT2D eigenvalue weighted by Crippen LogP contribution is 2.38. The van der Waals surface area contributed by atoms with Gasteiger partial charge in [0.05, 0.1) is 9.50 Å². The second kappa shape index (κ2) is 8.51. The van der Waals surface area contributed by atoms with Crippen molar-refractivity contribution in [1.29, 1.82) is 0 Å². The highest BCUT2D eigenvalue weighted by Gasteiger charge is 2.10. The molecule has 0 N–H and O–H groups in total. The lowest BCUT2D eigenvalue weighted by Gasteiger charge is -2.13. The number of benzene rings is 4. The molecule has 1 radical (unpaired) electrons. The zero-order valence-electron chi connectivity index (χ0n) is 14.7. The zero-order valence-corrected chi connectivity index (χ0v) is 17.1. The molecule has 0 heterocycles. The first-order chi connectivity index (χ1) is 13.7. The average Bonchev–Trinajstić information content (AvgIpc) is 2.72. The minimum atomic E-state index is 0.570. The van der Waals surface area contributed by atoms with E-state index in [4.69, 9.17) is 21.1 Å². The van der Waals surface area contributed by atoms with E-state index in [1.807, 2.05) is 84.9 Å². The van der Waals surface area contributed by atoms with Crippen LogP contribution in [0.1, 0.15) is 0 Å². The molecule has 0 atom stereocenters. The molecule has 0 aromatic heterocycles. The first kappa shape index (κ1) is 18.6. The van der Waals surface area contributed by atoms with E-state index in [0.717, 1.165) is 21.3 Å². The van der Waals surface area contributed by atoms with Crippen LogP contribution in [0, 0.1) is 6.07 Å². The molecule has 0 fully saturated rings. The van der Waals surface area contributed by atoms with Crippen LogP contribution in [-0.2, 0) is 0 Å². The first-order valence-electron chi connectivity index (χ1n) is 8.66. The van der Waals surface area contributed by atoms with E-state index in [2.05, 4.69) is 22.0 Å². The Kier molecular flexibility index (Phi) is 5.65. The van der Waals surface area contributed by atoms with Gasteiger partial charge in [0.2, 0.25) is 0 Å². The van der Waals surface area contributed by atoms with Crippen molar-refractivity contribution in [2.45, 2.75) is 0 Å². The van der Waals surface area contributed by atoms with Gasteiger partial charge in [-0.15, -0.1) is 0 Å². The topological polar surface area (TPSA) is 18.5 Å². The number of para-hydroxylation sites is 2. The van der Waals surface area contributed by atoms with Crippen LogP contribution in [0.15, 0.2) is 95.5 Å². The SMILES string of the molecule is Clc1ccccc1Oc1cccc(-c2cc[c]cc2Oc2ccccc2Br)c1. The van der Waals surface area contributed by atoms with Crippen molar-refractivity contribution < 1.29 is 9.47 Å². The van der Waals surface area contributed by atoms with Crippen LogP contribution in [0.3, 0.4) is 0 Å². The molecule has 0 unspecified atom stereocenters. The van der Waals surface area contributed by atoms with Gasteiger partial charge in [-0.05, 0) is 70.0 Å². The smallest absolute Gasteiger partial charge is 0.146 e. The summed E-state index contributed by atoms with van der Waals surface area (Å²) in [6.45, 7) is 0.